The van der Waals surface area contributed by atoms with E-state index in [1.807, 2.05) is 13.0 Å². The Morgan fingerprint density at radius 3 is 2.75 bits per heavy atom. The number of nitrogen functional groups attached to an aromatic ring is 1. The van der Waals surface area contributed by atoms with E-state index in [2.05, 4.69) is 4.98 Å². The summed E-state index contributed by atoms with van der Waals surface area (Å²) in [6, 6.07) is 5.98. The van der Waals surface area contributed by atoms with E-state index in [0.29, 0.717) is 22.0 Å². The molecular weight excluding hydrogens is 227 g/mol. The van der Waals surface area contributed by atoms with Crippen LogP contribution >= 0.6 is 11.6 Å². The molecule has 0 saturated carbocycles. The van der Waals surface area contributed by atoms with Gasteiger partial charge < -0.3 is 5.73 Å². The maximum Gasteiger partial charge on any atom is 0.124 e. The molecular formula is C12H10ClFN2. The normalized spacial score (nSPS) is 10.4. The van der Waals surface area contributed by atoms with Gasteiger partial charge in [0.25, 0.3) is 0 Å². The lowest BCUT2D eigenvalue weighted by Gasteiger charge is -2.08. The van der Waals surface area contributed by atoms with E-state index in [9.17, 15) is 4.39 Å². The molecule has 2 nitrogen and oxygen atoms in total. The Kier molecular flexibility index (Phi) is 2.79. The van der Waals surface area contributed by atoms with Crippen molar-refractivity contribution in [2.24, 2.45) is 0 Å². The first-order valence-electron chi connectivity index (χ1n) is 4.76. The molecule has 4 heteroatoms. The van der Waals surface area contributed by atoms with E-state index < -0.39 is 0 Å². The van der Waals surface area contributed by atoms with Crippen LogP contribution in [0.5, 0.6) is 0 Å². The fourth-order valence-corrected chi connectivity index (χ4v) is 1.72. The van der Waals surface area contributed by atoms with Gasteiger partial charge >= 0.3 is 0 Å². The molecule has 0 aliphatic rings. The molecule has 0 spiro atoms. The number of hydrogen-bond donors (Lipinski definition) is 1. The zero-order valence-corrected chi connectivity index (χ0v) is 9.42. The van der Waals surface area contributed by atoms with Gasteiger partial charge in [-0.2, -0.15) is 0 Å². The first kappa shape index (κ1) is 10.9. The molecule has 0 atom stereocenters. The summed E-state index contributed by atoms with van der Waals surface area (Å²) in [6.45, 7) is 1.89. The number of pyridine rings is 1. The molecule has 2 aromatic rings. The van der Waals surface area contributed by atoms with E-state index in [4.69, 9.17) is 17.3 Å². The number of halogens is 2. The van der Waals surface area contributed by atoms with Crippen molar-refractivity contribution in [1.82, 2.24) is 4.98 Å². The van der Waals surface area contributed by atoms with E-state index in [0.717, 1.165) is 5.56 Å². The van der Waals surface area contributed by atoms with Crippen molar-refractivity contribution >= 4 is 17.3 Å². The number of anilines is 1. The molecule has 0 bridgehead atoms. The Labute approximate surface area is 97.9 Å². The van der Waals surface area contributed by atoms with Crippen LogP contribution in [0.25, 0.3) is 11.3 Å². The largest absolute Gasteiger partial charge is 0.397 e. The average Bonchev–Trinajstić information content (AvgIpc) is 2.23. The first-order chi connectivity index (χ1) is 7.59. The zero-order valence-electron chi connectivity index (χ0n) is 8.67. The van der Waals surface area contributed by atoms with Crippen molar-refractivity contribution in [1.29, 1.82) is 0 Å². The second-order valence-corrected chi connectivity index (χ2v) is 3.92. The molecule has 82 valence electrons. The minimum atomic E-state index is -0.375. The van der Waals surface area contributed by atoms with Crippen LogP contribution in [-0.4, -0.2) is 4.98 Å². The SMILES string of the molecule is Cc1ccnc(-c2ccc(F)cc2Cl)c1N. The van der Waals surface area contributed by atoms with Crippen molar-refractivity contribution < 1.29 is 4.39 Å². The van der Waals surface area contributed by atoms with Crippen LogP contribution in [0.3, 0.4) is 0 Å². The summed E-state index contributed by atoms with van der Waals surface area (Å²) >= 11 is 5.95. The van der Waals surface area contributed by atoms with Crippen LogP contribution in [0.2, 0.25) is 5.02 Å². The Morgan fingerprint density at radius 1 is 1.31 bits per heavy atom. The summed E-state index contributed by atoms with van der Waals surface area (Å²) in [5.74, 6) is -0.375. The molecule has 0 amide bonds. The van der Waals surface area contributed by atoms with Gasteiger partial charge in [0.15, 0.2) is 0 Å². The smallest absolute Gasteiger partial charge is 0.124 e. The van der Waals surface area contributed by atoms with Crippen molar-refractivity contribution in [2.45, 2.75) is 6.92 Å². The Balaban J connectivity index is 2.63. The van der Waals surface area contributed by atoms with Crippen molar-refractivity contribution in [2.75, 3.05) is 5.73 Å². The summed E-state index contributed by atoms with van der Waals surface area (Å²) < 4.78 is 12.9. The zero-order chi connectivity index (χ0) is 11.7. The number of nitrogens with two attached hydrogens (primary N) is 1. The lowest BCUT2D eigenvalue weighted by Crippen LogP contribution is -1.96. The highest BCUT2D eigenvalue weighted by molar-refractivity contribution is 6.33. The third kappa shape index (κ3) is 1.86. The van der Waals surface area contributed by atoms with Gasteiger partial charge in [0, 0.05) is 11.8 Å². The third-order valence-electron chi connectivity index (χ3n) is 2.39. The Morgan fingerprint density at radius 2 is 2.06 bits per heavy atom. The summed E-state index contributed by atoms with van der Waals surface area (Å²) in [4.78, 5) is 4.17. The maximum atomic E-state index is 12.9. The standard InChI is InChI=1S/C12H10ClFN2/c1-7-4-5-16-12(11(7)15)9-3-2-8(14)6-10(9)13/h2-6H,15H2,1H3. The second-order valence-electron chi connectivity index (χ2n) is 3.51. The van der Waals surface area contributed by atoms with Gasteiger partial charge in [-0.1, -0.05) is 11.6 Å². The maximum absolute atomic E-state index is 12.9. The fraction of sp³-hybridized carbons (Fsp3) is 0.0833. The van der Waals surface area contributed by atoms with E-state index in [1.54, 1.807) is 12.3 Å². The van der Waals surface area contributed by atoms with Crippen LogP contribution in [-0.2, 0) is 0 Å². The molecule has 0 saturated heterocycles. The topological polar surface area (TPSA) is 38.9 Å². The number of hydrogen-bond acceptors (Lipinski definition) is 2. The number of aryl methyl sites for hydroxylation is 1. The molecule has 2 N–H and O–H groups in total. The summed E-state index contributed by atoms with van der Waals surface area (Å²) in [7, 11) is 0. The fourth-order valence-electron chi connectivity index (χ4n) is 1.47. The average molecular weight is 237 g/mol. The van der Waals surface area contributed by atoms with Crippen molar-refractivity contribution in [3.63, 3.8) is 0 Å². The van der Waals surface area contributed by atoms with Crippen molar-refractivity contribution in [3.8, 4) is 11.3 Å². The van der Waals surface area contributed by atoms with Crippen LogP contribution in [0.15, 0.2) is 30.5 Å². The molecule has 1 aromatic heterocycles. The number of aromatic nitrogens is 1. The predicted molar refractivity (Wildman–Crippen MR) is 63.8 cm³/mol. The van der Waals surface area contributed by atoms with Gasteiger partial charge in [0.1, 0.15) is 5.82 Å². The van der Waals surface area contributed by atoms with Crippen LogP contribution in [0, 0.1) is 12.7 Å². The van der Waals surface area contributed by atoms with Crippen LogP contribution in [0.1, 0.15) is 5.56 Å². The van der Waals surface area contributed by atoms with E-state index in [1.165, 1.54) is 12.1 Å². The van der Waals surface area contributed by atoms with Gasteiger partial charge in [0.2, 0.25) is 0 Å². The summed E-state index contributed by atoms with van der Waals surface area (Å²) in [5.41, 5.74) is 8.62. The molecule has 16 heavy (non-hydrogen) atoms. The van der Waals surface area contributed by atoms with E-state index in [-0.39, 0.29) is 5.82 Å². The van der Waals surface area contributed by atoms with Gasteiger partial charge in [0.05, 0.1) is 16.4 Å². The number of nitrogens with zero attached hydrogens (tertiary/aromatic N) is 1. The minimum absolute atomic E-state index is 0.310. The summed E-state index contributed by atoms with van der Waals surface area (Å²) in [5, 5.41) is 0.310. The quantitative estimate of drug-likeness (QED) is 0.824. The minimum Gasteiger partial charge on any atom is -0.397 e. The van der Waals surface area contributed by atoms with Gasteiger partial charge in [-0.05, 0) is 36.8 Å². The number of benzene rings is 1. The molecule has 0 radical (unpaired) electrons. The van der Waals surface area contributed by atoms with Crippen LogP contribution in [0.4, 0.5) is 10.1 Å². The second kappa shape index (κ2) is 4.10. The molecule has 0 aliphatic heterocycles. The first-order valence-corrected chi connectivity index (χ1v) is 5.14. The lowest BCUT2D eigenvalue weighted by molar-refractivity contribution is 0.628. The predicted octanol–water partition coefficient (Wildman–Crippen LogP) is 3.43. The Hall–Kier alpha value is -1.61. The van der Waals surface area contributed by atoms with E-state index >= 15 is 0 Å². The highest BCUT2D eigenvalue weighted by Crippen LogP contribution is 2.31. The van der Waals surface area contributed by atoms with Gasteiger partial charge in [-0.25, -0.2) is 4.39 Å². The third-order valence-corrected chi connectivity index (χ3v) is 2.71. The molecule has 2 rings (SSSR count). The molecule has 0 aliphatic carbocycles. The highest BCUT2D eigenvalue weighted by Gasteiger charge is 2.10. The van der Waals surface area contributed by atoms with Gasteiger partial charge in [-0.3, -0.25) is 4.98 Å². The van der Waals surface area contributed by atoms with Gasteiger partial charge in [-0.15, -0.1) is 0 Å². The molecule has 1 aromatic carbocycles. The lowest BCUT2D eigenvalue weighted by atomic mass is 10.1. The molecule has 0 fully saturated rings. The molecule has 1 heterocycles. The van der Waals surface area contributed by atoms with Crippen LogP contribution < -0.4 is 5.73 Å². The highest BCUT2D eigenvalue weighted by atomic mass is 35.5. The number of rotatable bonds is 1. The monoisotopic (exact) mass is 236 g/mol. The molecule has 0 unspecified atom stereocenters. The Bertz CT molecular complexity index is 541. The summed E-state index contributed by atoms with van der Waals surface area (Å²) in [6.07, 6.45) is 1.65. The van der Waals surface area contributed by atoms with Crippen molar-refractivity contribution in [3.05, 3.63) is 46.9 Å².